The van der Waals surface area contributed by atoms with Crippen molar-refractivity contribution in [1.82, 2.24) is 5.32 Å². The van der Waals surface area contributed by atoms with Crippen LogP contribution in [0.1, 0.15) is 36.1 Å². The largest absolute Gasteiger partial charge is 0.496 e. The summed E-state index contributed by atoms with van der Waals surface area (Å²) in [4.78, 5) is 0. The maximum atomic E-state index is 5.47. The summed E-state index contributed by atoms with van der Waals surface area (Å²) in [5, 5.41) is 3.58. The molecule has 1 atom stereocenters. The predicted molar refractivity (Wildman–Crippen MR) is 81.2 cm³/mol. The van der Waals surface area contributed by atoms with Crippen molar-refractivity contribution in [3.05, 3.63) is 53.5 Å². The van der Waals surface area contributed by atoms with Crippen LogP contribution >= 0.6 is 0 Å². The van der Waals surface area contributed by atoms with Gasteiger partial charge in [0.25, 0.3) is 0 Å². The van der Waals surface area contributed by atoms with Crippen LogP contribution in [0.25, 0.3) is 0 Å². The molecule has 0 fully saturated rings. The molecule has 3 heteroatoms. The Morgan fingerprint density at radius 2 is 2.15 bits per heavy atom. The van der Waals surface area contributed by atoms with E-state index in [1.165, 1.54) is 16.7 Å². The molecule has 0 saturated heterocycles. The van der Waals surface area contributed by atoms with E-state index in [1.54, 1.807) is 13.4 Å². The van der Waals surface area contributed by atoms with Crippen molar-refractivity contribution < 1.29 is 9.15 Å². The average Bonchev–Trinajstić information content (AvgIpc) is 2.97. The van der Waals surface area contributed by atoms with Crippen LogP contribution in [-0.2, 0) is 6.42 Å². The van der Waals surface area contributed by atoms with Gasteiger partial charge in [0.2, 0.25) is 0 Å². The fourth-order valence-electron chi connectivity index (χ4n) is 2.39. The molecular weight excluding hydrogens is 250 g/mol. The van der Waals surface area contributed by atoms with Crippen LogP contribution in [0.5, 0.6) is 5.75 Å². The van der Waals surface area contributed by atoms with Crippen molar-refractivity contribution in [2.24, 2.45) is 0 Å². The van der Waals surface area contributed by atoms with Gasteiger partial charge in [-0.05, 0) is 44.0 Å². The van der Waals surface area contributed by atoms with E-state index < -0.39 is 0 Å². The smallest absolute Gasteiger partial charge is 0.122 e. The van der Waals surface area contributed by atoms with Gasteiger partial charge in [-0.2, -0.15) is 0 Å². The zero-order valence-corrected chi connectivity index (χ0v) is 12.5. The van der Waals surface area contributed by atoms with E-state index in [1.807, 2.05) is 18.4 Å². The molecule has 1 aromatic heterocycles. The summed E-state index contributed by atoms with van der Waals surface area (Å²) in [6.45, 7) is 5.27. The highest BCUT2D eigenvalue weighted by molar-refractivity contribution is 5.38. The Morgan fingerprint density at radius 3 is 2.80 bits per heavy atom. The quantitative estimate of drug-likeness (QED) is 0.831. The van der Waals surface area contributed by atoms with Crippen molar-refractivity contribution in [2.45, 2.75) is 32.7 Å². The second-order valence-corrected chi connectivity index (χ2v) is 5.08. The second kappa shape index (κ2) is 7.15. The first-order chi connectivity index (χ1) is 9.74. The first-order valence-electron chi connectivity index (χ1n) is 7.13. The van der Waals surface area contributed by atoms with Gasteiger partial charge in [0.1, 0.15) is 5.75 Å². The summed E-state index contributed by atoms with van der Waals surface area (Å²) in [6.07, 6.45) is 5.54. The van der Waals surface area contributed by atoms with Gasteiger partial charge in [-0.15, -0.1) is 0 Å². The molecule has 3 nitrogen and oxygen atoms in total. The van der Waals surface area contributed by atoms with Crippen LogP contribution < -0.4 is 10.1 Å². The van der Waals surface area contributed by atoms with Gasteiger partial charge in [0.15, 0.2) is 0 Å². The third-order valence-electron chi connectivity index (χ3n) is 3.45. The minimum atomic E-state index is 0.254. The van der Waals surface area contributed by atoms with E-state index >= 15 is 0 Å². The summed E-state index contributed by atoms with van der Waals surface area (Å²) in [7, 11) is 1.72. The number of aryl methyl sites for hydroxylation is 1. The molecule has 0 radical (unpaired) electrons. The molecule has 0 aliphatic rings. The predicted octanol–water partition coefficient (Wildman–Crippen LogP) is 3.88. The molecule has 2 rings (SSSR count). The van der Waals surface area contributed by atoms with Gasteiger partial charge in [-0.1, -0.05) is 24.6 Å². The zero-order chi connectivity index (χ0) is 14.4. The third-order valence-corrected chi connectivity index (χ3v) is 3.45. The lowest BCUT2D eigenvalue weighted by Gasteiger charge is -2.19. The molecule has 0 amide bonds. The molecule has 20 heavy (non-hydrogen) atoms. The standard InChI is InChI=1S/C17H23NO2/c1-4-8-18-16(14-7-9-20-12-14)11-15-10-13(2)5-6-17(15)19-3/h5-7,9-10,12,16,18H,4,8,11H2,1-3H3. The summed E-state index contributed by atoms with van der Waals surface area (Å²) in [6, 6.07) is 8.59. The van der Waals surface area contributed by atoms with Crippen LogP contribution in [0.4, 0.5) is 0 Å². The first-order valence-corrected chi connectivity index (χ1v) is 7.13. The number of hydrogen-bond acceptors (Lipinski definition) is 3. The third kappa shape index (κ3) is 3.64. The summed E-state index contributed by atoms with van der Waals surface area (Å²) < 4.78 is 10.7. The van der Waals surface area contributed by atoms with Gasteiger partial charge in [0.05, 0.1) is 19.6 Å². The van der Waals surface area contributed by atoms with Crippen LogP contribution in [-0.4, -0.2) is 13.7 Å². The SMILES string of the molecule is CCCNC(Cc1cc(C)ccc1OC)c1ccoc1. The Bertz CT molecular complexity index is 520. The van der Waals surface area contributed by atoms with E-state index in [4.69, 9.17) is 9.15 Å². The zero-order valence-electron chi connectivity index (χ0n) is 12.5. The Labute approximate surface area is 121 Å². The molecule has 0 saturated carbocycles. The van der Waals surface area contributed by atoms with Gasteiger partial charge < -0.3 is 14.5 Å². The normalized spacial score (nSPS) is 12.3. The lowest BCUT2D eigenvalue weighted by Crippen LogP contribution is -2.23. The Kier molecular flexibility index (Phi) is 5.24. The molecule has 1 heterocycles. The van der Waals surface area contributed by atoms with Gasteiger partial charge in [-0.25, -0.2) is 0 Å². The van der Waals surface area contributed by atoms with Crippen LogP contribution in [0, 0.1) is 6.92 Å². The van der Waals surface area contributed by atoms with E-state index in [2.05, 4.69) is 31.3 Å². The molecule has 0 bridgehead atoms. The van der Waals surface area contributed by atoms with Crippen molar-refractivity contribution in [3.8, 4) is 5.75 Å². The highest BCUT2D eigenvalue weighted by Crippen LogP contribution is 2.26. The fraction of sp³-hybridized carbons (Fsp3) is 0.412. The summed E-state index contributed by atoms with van der Waals surface area (Å²) in [5.74, 6) is 0.947. The summed E-state index contributed by atoms with van der Waals surface area (Å²) in [5.41, 5.74) is 3.66. The monoisotopic (exact) mass is 273 g/mol. The molecule has 1 unspecified atom stereocenters. The Morgan fingerprint density at radius 1 is 1.30 bits per heavy atom. The van der Waals surface area contributed by atoms with E-state index in [0.29, 0.717) is 0 Å². The maximum absolute atomic E-state index is 5.47. The minimum absolute atomic E-state index is 0.254. The molecule has 0 aliphatic heterocycles. The number of ether oxygens (including phenoxy) is 1. The molecule has 0 spiro atoms. The van der Waals surface area contributed by atoms with Crippen molar-refractivity contribution >= 4 is 0 Å². The number of furan rings is 1. The Hall–Kier alpha value is -1.74. The Balaban J connectivity index is 2.21. The van der Waals surface area contributed by atoms with Crippen LogP contribution in [0.2, 0.25) is 0 Å². The fourth-order valence-corrected chi connectivity index (χ4v) is 2.39. The van der Waals surface area contributed by atoms with Crippen molar-refractivity contribution in [3.63, 3.8) is 0 Å². The molecule has 108 valence electrons. The van der Waals surface area contributed by atoms with Gasteiger partial charge in [0, 0.05) is 11.6 Å². The van der Waals surface area contributed by atoms with Crippen molar-refractivity contribution in [2.75, 3.05) is 13.7 Å². The highest BCUT2D eigenvalue weighted by atomic mass is 16.5. The molecule has 1 aromatic carbocycles. The highest BCUT2D eigenvalue weighted by Gasteiger charge is 2.15. The first kappa shape index (κ1) is 14.7. The molecular formula is C17H23NO2. The summed E-state index contributed by atoms with van der Waals surface area (Å²) >= 11 is 0. The molecule has 0 aliphatic carbocycles. The number of rotatable bonds is 7. The lowest BCUT2D eigenvalue weighted by molar-refractivity contribution is 0.405. The molecule has 2 aromatic rings. The number of hydrogen-bond donors (Lipinski definition) is 1. The number of nitrogens with one attached hydrogen (secondary N) is 1. The molecule has 1 N–H and O–H groups in total. The second-order valence-electron chi connectivity index (χ2n) is 5.08. The van der Waals surface area contributed by atoms with E-state index in [-0.39, 0.29) is 6.04 Å². The minimum Gasteiger partial charge on any atom is -0.496 e. The maximum Gasteiger partial charge on any atom is 0.122 e. The van der Waals surface area contributed by atoms with Crippen LogP contribution in [0.3, 0.4) is 0 Å². The van der Waals surface area contributed by atoms with Crippen molar-refractivity contribution in [1.29, 1.82) is 0 Å². The van der Waals surface area contributed by atoms with Gasteiger partial charge >= 0.3 is 0 Å². The topological polar surface area (TPSA) is 34.4 Å². The van der Waals surface area contributed by atoms with E-state index in [9.17, 15) is 0 Å². The van der Waals surface area contributed by atoms with Gasteiger partial charge in [-0.3, -0.25) is 0 Å². The number of methoxy groups -OCH3 is 1. The number of benzene rings is 1. The van der Waals surface area contributed by atoms with Crippen LogP contribution in [0.15, 0.2) is 41.2 Å². The average molecular weight is 273 g/mol. The lowest BCUT2D eigenvalue weighted by atomic mass is 9.99. The van der Waals surface area contributed by atoms with E-state index in [0.717, 1.165) is 25.1 Å².